The molecule has 0 aliphatic carbocycles. The Morgan fingerprint density at radius 3 is 2.47 bits per heavy atom. The van der Waals surface area contributed by atoms with Crippen LogP contribution in [0.3, 0.4) is 0 Å². The molecule has 0 unspecified atom stereocenters. The smallest absolute Gasteiger partial charge is 0.370 e. The fraction of sp³-hybridized carbons (Fsp3) is 0.500. The number of nitrogens with one attached hydrogen (secondary N) is 1. The lowest BCUT2D eigenvalue weighted by Crippen LogP contribution is -2.38. The number of hydrogen-bond acceptors (Lipinski definition) is 3. The Balaban J connectivity index is 2.79. The van der Waals surface area contributed by atoms with Crippen LogP contribution in [0.1, 0.15) is 24.2 Å². The molecule has 0 aromatic carbocycles. The van der Waals surface area contributed by atoms with Crippen molar-refractivity contribution in [2.24, 2.45) is 0 Å². The summed E-state index contributed by atoms with van der Waals surface area (Å²) in [6.45, 7) is 2.81. The lowest BCUT2D eigenvalue weighted by molar-refractivity contribution is -0.140. The summed E-state index contributed by atoms with van der Waals surface area (Å²) in [5.41, 5.74) is 0.146. The Bertz CT molecular complexity index is 417. The van der Waals surface area contributed by atoms with Gasteiger partial charge in [0.25, 0.3) is 5.91 Å². The second-order valence-electron chi connectivity index (χ2n) is 3.90. The van der Waals surface area contributed by atoms with Crippen LogP contribution in [-0.2, 0) is 0 Å². The molecule has 0 saturated carbocycles. The topological polar surface area (TPSA) is 45.2 Å². The van der Waals surface area contributed by atoms with E-state index in [1.54, 1.807) is 6.07 Å². The predicted molar refractivity (Wildman–Crippen MR) is 66.0 cm³/mol. The highest BCUT2D eigenvalue weighted by Gasteiger charge is 2.32. The molecule has 0 spiro atoms. The summed E-state index contributed by atoms with van der Waals surface area (Å²) < 4.78 is 36.9. The number of rotatable bonds is 5. The van der Waals surface area contributed by atoms with Crippen LogP contribution in [0.2, 0.25) is 0 Å². The molecule has 0 fully saturated rings. The van der Waals surface area contributed by atoms with Gasteiger partial charge in [-0.25, -0.2) is 4.98 Å². The number of nitrogens with zero attached hydrogens (tertiary/aromatic N) is 2. The molecular weight excluding hydrogens is 259 g/mol. The van der Waals surface area contributed by atoms with E-state index in [2.05, 4.69) is 10.3 Å². The molecule has 0 aliphatic rings. The first-order chi connectivity index (χ1) is 8.87. The number of aromatic nitrogens is 1. The fourth-order valence-electron chi connectivity index (χ4n) is 1.53. The van der Waals surface area contributed by atoms with E-state index in [0.717, 1.165) is 4.90 Å². The Kier molecular flexibility index (Phi) is 5.14. The Morgan fingerprint density at radius 2 is 2.05 bits per heavy atom. The number of carbonyl (C=O) groups excluding carboxylic acids is 1. The minimum atomic E-state index is -4.40. The van der Waals surface area contributed by atoms with Crippen molar-refractivity contribution in [3.63, 3.8) is 0 Å². The number of alkyl halides is 3. The van der Waals surface area contributed by atoms with E-state index < -0.39 is 18.6 Å². The van der Waals surface area contributed by atoms with E-state index in [1.807, 2.05) is 6.92 Å². The lowest BCUT2D eigenvalue weighted by atomic mass is 10.2. The molecule has 1 rings (SSSR count). The van der Waals surface area contributed by atoms with E-state index in [1.165, 1.54) is 19.2 Å². The van der Waals surface area contributed by atoms with Gasteiger partial charge in [-0.15, -0.1) is 0 Å². The van der Waals surface area contributed by atoms with Gasteiger partial charge in [0.2, 0.25) is 0 Å². The van der Waals surface area contributed by atoms with Crippen LogP contribution in [0.25, 0.3) is 0 Å². The summed E-state index contributed by atoms with van der Waals surface area (Å²) in [4.78, 5) is 16.6. The summed E-state index contributed by atoms with van der Waals surface area (Å²) in [6, 6.07) is 3.03. The summed E-state index contributed by atoms with van der Waals surface area (Å²) in [5, 5.41) is 2.94. The molecule has 1 aromatic rings. The molecule has 19 heavy (non-hydrogen) atoms. The van der Waals surface area contributed by atoms with Crippen LogP contribution in [-0.4, -0.2) is 41.6 Å². The average molecular weight is 275 g/mol. The molecule has 0 bridgehead atoms. The Hall–Kier alpha value is -1.79. The molecule has 7 heteroatoms. The number of anilines is 1. The van der Waals surface area contributed by atoms with Gasteiger partial charge in [0.05, 0.1) is 5.56 Å². The van der Waals surface area contributed by atoms with Crippen LogP contribution in [0.4, 0.5) is 19.0 Å². The van der Waals surface area contributed by atoms with Crippen molar-refractivity contribution in [2.75, 3.05) is 25.0 Å². The van der Waals surface area contributed by atoms with Crippen LogP contribution in [0.5, 0.6) is 0 Å². The number of pyridine rings is 1. The first kappa shape index (κ1) is 15.3. The molecule has 1 aromatic heterocycles. The van der Waals surface area contributed by atoms with Gasteiger partial charge >= 0.3 is 6.18 Å². The van der Waals surface area contributed by atoms with Crippen molar-refractivity contribution >= 4 is 11.7 Å². The van der Waals surface area contributed by atoms with Crippen molar-refractivity contribution in [2.45, 2.75) is 20.0 Å². The SMILES string of the molecule is CCNc1ccc(C(=O)N(CC)CC(F)(F)F)cn1. The second kappa shape index (κ2) is 6.40. The van der Waals surface area contributed by atoms with Crippen molar-refractivity contribution in [1.29, 1.82) is 0 Å². The Morgan fingerprint density at radius 1 is 1.37 bits per heavy atom. The molecule has 1 heterocycles. The van der Waals surface area contributed by atoms with Crippen molar-refractivity contribution < 1.29 is 18.0 Å². The van der Waals surface area contributed by atoms with Crippen LogP contribution in [0.15, 0.2) is 18.3 Å². The van der Waals surface area contributed by atoms with Crippen molar-refractivity contribution in [1.82, 2.24) is 9.88 Å². The van der Waals surface area contributed by atoms with Crippen LogP contribution >= 0.6 is 0 Å². The predicted octanol–water partition coefficient (Wildman–Crippen LogP) is 2.54. The van der Waals surface area contributed by atoms with Gasteiger partial charge in [-0.3, -0.25) is 4.79 Å². The van der Waals surface area contributed by atoms with Gasteiger partial charge in [-0.05, 0) is 26.0 Å². The number of carbonyl (C=O) groups is 1. The standard InChI is InChI=1S/C12H16F3N3O/c1-3-16-10-6-5-9(7-17-10)11(19)18(4-2)8-12(13,14)15/h5-7H,3-4,8H2,1-2H3,(H,16,17). The third kappa shape index (κ3) is 4.76. The van der Waals surface area contributed by atoms with E-state index >= 15 is 0 Å². The quantitative estimate of drug-likeness (QED) is 0.898. The zero-order chi connectivity index (χ0) is 14.5. The molecule has 0 aliphatic heterocycles. The van der Waals surface area contributed by atoms with E-state index in [0.29, 0.717) is 12.4 Å². The van der Waals surface area contributed by atoms with E-state index in [4.69, 9.17) is 0 Å². The maximum absolute atomic E-state index is 12.3. The number of hydrogen-bond donors (Lipinski definition) is 1. The zero-order valence-corrected chi connectivity index (χ0v) is 10.8. The second-order valence-corrected chi connectivity index (χ2v) is 3.90. The Labute approximate surface area is 109 Å². The summed E-state index contributed by atoms with van der Waals surface area (Å²) in [6.07, 6.45) is -3.12. The fourth-order valence-corrected chi connectivity index (χ4v) is 1.53. The minimum absolute atomic E-state index is 0.00664. The minimum Gasteiger partial charge on any atom is -0.370 e. The molecule has 106 valence electrons. The number of halogens is 3. The highest BCUT2D eigenvalue weighted by Crippen LogP contribution is 2.18. The average Bonchev–Trinajstić information content (AvgIpc) is 2.35. The first-order valence-corrected chi connectivity index (χ1v) is 5.93. The molecule has 0 radical (unpaired) electrons. The maximum atomic E-state index is 12.3. The third-order valence-electron chi connectivity index (χ3n) is 2.41. The van der Waals surface area contributed by atoms with E-state index in [-0.39, 0.29) is 12.1 Å². The number of amides is 1. The van der Waals surface area contributed by atoms with Gasteiger partial charge in [-0.1, -0.05) is 0 Å². The van der Waals surface area contributed by atoms with E-state index in [9.17, 15) is 18.0 Å². The van der Waals surface area contributed by atoms with Crippen molar-refractivity contribution in [3.05, 3.63) is 23.9 Å². The molecule has 4 nitrogen and oxygen atoms in total. The van der Waals surface area contributed by atoms with Gasteiger partial charge in [0.1, 0.15) is 12.4 Å². The maximum Gasteiger partial charge on any atom is 0.406 e. The van der Waals surface area contributed by atoms with Gasteiger partial charge < -0.3 is 10.2 Å². The normalized spacial score (nSPS) is 11.2. The van der Waals surface area contributed by atoms with Gasteiger partial charge in [0, 0.05) is 19.3 Å². The van der Waals surface area contributed by atoms with Gasteiger partial charge in [-0.2, -0.15) is 13.2 Å². The molecule has 0 saturated heterocycles. The lowest BCUT2D eigenvalue weighted by Gasteiger charge is -2.22. The molecule has 1 amide bonds. The summed E-state index contributed by atoms with van der Waals surface area (Å²) in [7, 11) is 0. The van der Waals surface area contributed by atoms with Crippen LogP contribution in [0, 0.1) is 0 Å². The van der Waals surface area contributed by atoms with Gasteiger partial charge in [0.15, 0.2) is 0 Å². The highest BCUT2D eigenvalue weighted by atomic mass is 19.4. The highest BCUT2D eigenvalue weighted by molar-refractivity contribution is 5.94. The zero-order valence-electron chi connectivity index (χ0n) is 10.8. The molecular formula is C12H16F3N3O. The van der Waals surface area contributed by atoms with Crippen molar-refractivity contribution in [3.8, 4) is 0 Å². The molecule has 0 atom stereocenters. The van der Waals surface area contributed by atoms with Crippen LogP contribution < -0.4 is 5.32 Å². The third-order valence-corrected chi connectivity index (χ3v) is 2.41. The largest absolute Gasteiger partial charge is 0.406 e. The first-order valence-electron chi connectivity index (χ1n) is 5.93. The molecule has 1 N–H and O–H groups in total. The summed E-state index contributed by atoms with van der Waals surface area (Å²) in [5.74, 6) is -0.0895. The monoisotopic (exact) mass is 275 g/mol. The summed E-state index contributed by atoms with van der Waals surface area (Å²) >= 11 is 0.